The Morgan fingerprint density at radius 2 is 1.73 bits per heavy atom. The van der Waals surface area contributed by atoms with Gasteiger partial charge in [-0.05, 0) is 68.6 Å². The van der Waals surface area contributed by atoms with Crippen molar-refractivity contribution in [1.82, 2.24) is 10.2 Å². The lowest BCUT2D eigenvalue weighted by Crippen LogP contribution is -2.38. The number of amides is 1. The summed E-state index contributed by atoms with van der Waals surface area (Å²) in [6, 6.07) is 16.7. The number of nitrogens with one attached hydrogen (secondary N) is 1. The van der Waals surface area contributed by atoms with Gasteiger partial charge in [0.2, 0.25) is 0 Å². The van der Waals surface area contributed by atoms with Gasteiger partial charge in [0.25, 0.3) is 5.91 Å². The molecule has 1 aliphatic heterocycles. The third-order valence-corrected chi connectivity index (χ3v) is 4.82. The van der Waals surface area contributed by atoms with Gasteiger partial charge in [0.15, 0.2) is 6.61 Å². The van der Waals surface area contributed by atoms with E-state index in [2.05, 4.69) is 40.5 Å². The molecule has 0 aliphatic carbocycles. The minimum atomic E-state index is -0.0794. The summed E-state index contributed by atoms with van der Waals surface area (Å²) in [5, 5.41) is 3.05. The van der Waals surface area contributed by atoms with Crippen LogP contribution in [0, 0.1) is 13.8 Å². The van der Waals surface area contributed by atoms with Crippen LogP contribution in [-0.2, 0) is 4.79 Å². The number of hydrogen-bond donors (Lipinski definition) is 1. The molecule has 1 amide bonds. The SMILES string of the molecule is Cc1cc(C)cc(OCC(=O)NCC(c2ccccc2)N2CCCC2)c1. The van der Waals surface area contributed by atoms with E-state index < -0.39 is 0 Å². The van der Waals surface area contributed by atoms with Crippen LogP contribution in [0.2, 0.25) is 0 Å². The summed E-state index contributed by atoms with van der Waals surface area (Å²) in [6.07, 6.45) is 2.46. The summed E-state index contributed by atoms with van der Waals surface area (Å²) < 4.78 is 5.67. The van der Waals surface area contributed by atoms with Crippen LogP contribution in [0.15, 0.2) is 48.5 Å². The number of benzene rings is 2. The van der Waals surface area contributed by atoms with Gasteiger partial charge >= 0.3 is 0 Å². The number of carbonyl (C=O) groups excluding carboxylic acids is 1. The number of hydrogen-bond acceptors (Lipinski definition) is 3. The molecular weight excluding hydrogens is 324 g/mol. The Morgan fingerprint density at radius 3 is 2.38 bits per heavy atom. The molecule has 1 N–H and O–H groups in total. The third kappa shape index (κ3) is 5.09. The molecule has 0 aromatic heterocycles. The number of nitrogens with zero attached hydrogens (tertiary/aromatic N) is 1. The minimum Gasteiger partial charge on any atom is -0.484 e. The molecule has 0 spiro atoms. The van der Waals surface area contributed by atoms with E-state index in [1.165, 1.54) is 18.4 Å². The van der Waals surface area contributed by atoms with Gasteiger partial charge in [-0.15, -0.1) is 0 Å². The van der Waals surface area contributed by atoms with Gasteiger partial charge in [-0.3, -0.25) is 9.69 Å². The normalized spacial score (nSPS) is 15.6. The quantitative estimate of drug-likeness (QED) is 0.827. The van der Waals surface area contributed by atoms with Crippen molar-refractivity contribution in [3.8, 4) is 5.75 Å². The smallest absolute Gasteiger partial charge is 0.258 e. The van der Waals surface area contributed by atoms with Crippen LogP contribution in [0.4, 0.5) is 0 Å². The lowest BCUT2D eigenvalue weighted by Gasteiger charge is -2.28. The van der Waals surface area contributed by atoms with E-state index in [0.29, 0.717) is 6.54 Å². The molecule has 1 fully saturated rings. The predicted molar refractivity (Wildman–Crippen MR) is 104 cm³/mol. The molecular formula is C22H28N2O2. The molecule has 0 radical (unpaired) electrons. The average molecular weight is 352 g/mol. The topological polar surface area (TPSA) is 41.6 Å². The molecule has 2 aromatic rings. The van der Waals surface area contributed by atoms with Gasteiger partial charge in [0, 0.05) is 6.54 Å². The number of carbonyl (C=O) groups is 1. The van der Waals surface area contributed by atoms with Gasteiger partial charge in [0.1, 0.15) is 5.75 Å². The zero-order chi connectivity index (χ0) is 18.4. The van der Waals surface area contributed by atoms with Gasteiger partial charge in [0.05, 0.1) is 6.04 Å². The van der Waals surface area contributed by atoms with Crippen LogP contribution >= 0.6 is 0 Å². The lowest BCUT2D eigenvalue weighted by molar-refractivity contribution is -0.123. The molecule has 26 heavy (non-hydrogen) atoms. The first-order valence-electron chi connectivity index (χ1n) is 9.38. The van der Waals surface area contributed by atoms with Gasteiger partial charge < -0.3 is 10.1 Å². The average Bonchev–Trinajstić information content (AvgIpc) is 3.15. The summed E-state index contributed by atoms with van der Waals surface area (Å²) >= 11 is 0. The number of aryl methyl sites for hydroxylation is 2. The van der Waals surface area contributed by atoms with Crippen LogP contribution in [-0.4, -0.2) is 37.0 Å². The Kier molecular flexibility index (Phi) is 6.29. The van der Waals surface area contributed by atoms with E-state index in [1.54, 1.807) is 0 Å². The number of likely N-dealkylation sites (tertiary alicyclic amines) is 1. The van der Waals surface area contributed by atoms with E-state index >= 15 is 0 Å². The zero-order valence-corrected chi connectivity index (χ0v) is 15.7. The summed E-state index contributed by atoms with van der Waals surface area (Å²) in [7, 11) is 0. The first kappa shape index (κ1) is 18.5. The van der Waals surface area contributed by atoms with Gasteiger partial charge in [-0.25, -0.2) is 0 Å². The van der Waals surface area contributed by atoms with E-state index in [1.807, 2.05) is 32.0 Å². The van der Waals surface area contributed by atoms with Crippen molar-refractivity contribution in [1.29, 1.82) is 0 Å². The molecule has 1 atom stereocenters. The Morgan fingerprint density at radius 1 is 1.08 bits per heavy atom. The van der Waals surface area contributed by atoms with Crippen LogP contribution in [0.25, 0.3) is 0 Å². The number of ether oxygens (including phenoxy) is 1. The predicted octanol–water partition coefficient (Wildman–Crippen LogP) is 3.64. The second kappa shape index (κ2) is 8.86. The fourth-order valence-corrected chi connectivity index (χ4v) is 3.61. The summed E-state index contributed by atoms with van der Waals surface area (Å²) in [4.78, 5) is 14.7. The maximum Gasteiger partial charge on any atom is 0.258 e. The van der Waals surface area contributed by atoms with Crippen molar-refractivity contribution in [2.24, 2.45) is 0 Å². The van der Waals surface area contributed by atoms with Crippen molar-refractivity contribution in [3.05, 3.63) is 65.2 Å². The Balaban J connectivity index is 1.55. The van der Waals surface area contributed by atoms with Crippen molar-refractivity contribution >= 4 is 5.91 Å². The Bertz CT molecular complexity index is 704. The second-order valence-corrected chi connectivity index (χ2v) is 7.09. The molecule has 0 bridgehead atoms. The molecule has 3 rings (SSSR count). The Labute approximate surface area is 156 Å². The molecule has 1 saturated heterocycles. The summed E-state index contributed by atoms with van der Waals surface area (Å²) in [5.74, 6) is 0.668. The Hall–Kier alpha value is -2.33. The second-order valence-electron chi connectivity index (χ2n) is 7.09. The highest BCUT2D eigenvalue weighted by molar-refractivity contribution is 5.77. The van der Waals surface area contributed by atoms with Gasteiger partial charge in [-0.1, -0.05) is 36.4 Å². The highest BCUT2D eigenvalue weighted by Crippen LogP contribution is 2.24. The van der Waals surface area contributed by atoms with E-state index in [-0.39, 0.29) is 18.6 Å². The molecule has 1 heterocycles. The van der Waals surface area contributed by atoms with Crippen molar-refractivity contribution in [2.75, 3.05) is 26.2 Å². The van der Waals surface area contributed by atoms with Crippen LogP contribution in [0.5, 0.6) is 5.75 Å². The molecule has 4 nitrogen and oxygen atoms in total. The molecule has 138 valence electrons. The number of rotatable bonds is 7. The minimum absolute atomic E-state index is 0.0460. The standard InChI is InChI=1S/C22H28N2O2/c1-17-12-18(2)14-20(13-17)26-16-22(25)23-15-21(24-10-6-7-11-24)19-8-4-3-5-9-19/h3-5,8-9,12-14,21H,6-7,10-11,15-16H2,1-2H3,(H,23,25). The highest BCUT2D eigenvalue weighted by atomic mass is 16.5. The van der Waals surface area contributed by atoms with Crippen LogP contribution in [0.1, 0.15) is 35.6 Å². The maximum atomic E-state index is 12.3. The fraction of sp³-hybridized carbons (Fsp3) is 0.409. The van der Waals surface area contributed by atoms with Crippen molar-refractivity contribution in [3.63, 3.8) is 0 Å². The molecule has 4 heteroatoms. The first-order chi connectivity index (χ1) is 12.6. The van der Waals surface area contributed by atoms with Crippen LogP contribution in [0.3, 0.4) is 0 Å². The van der Waals surface area contributed by atoms with Gasteiger partial charge in [-0.2, -0.15) is 0 Å². The maximum absolute atomic E-state index is 12.3. The fourth-order valence-electron chi connectivity index (χ4n) is 3.61. The van der Waals surface area contributed by atoms with E-state index in [9.17, 15) is 4.79 Å². The third-order valence-electron chi connectivity index (χ3n) is 4.82. The molecule has 1 aliphatic rings. The molecule has 0 saturated carbocycles. The summed E-state index contributed by atoms with van der Waals surface area (Å²) in [6.45, 7) is 6.90. The van der Waals surface area contributed by atoms with Crippen molar-refractivity contribution in [2.45, 2.75) is 32.7 Å². The van der Waals surface area contributed by atoms with Crippen molar-refractivity contribution < 1.29 is 9.53 Å². The monoisotopic (exact) mass is 352 g/mol. The highest BCUT2D eigenvalue weighted by Gasteiger charge is 2.23. The van der Waals surface area contributed by atoms with E-state index in [0.717, 1.165) is 30.0 Å². The van der Waals surface area contributed by atoms with Crippen LogP contribution < -0.4 is 10.1 Å². The first-order valence-corrected chi connectivity index (χ1v) is 9.38. The molecule has 2 aromatic carbocycles. The lowest BCUT2D eigenvalue weighted by atomic mass is 10.1. The molecule has 1 unspecified atom stereocenters. The van der Waals surface area contributed by atoms with E-state index in [4.69, 9.17) is 4.74 Å². The summed E-state index contributed by atoms with van der Waals surface area (Å²) in [5.41, 5.74) is 3.53. The zero-order valence-electron chi connectivity index (χ0n) is 15.7. The largest absolute Gasteiger partial charge is 0.484 e.